The molecule has 8 nitrogen and oxygen atoms in total. The van der Waals surface area contributed by atoms with E-state index in [0.29, 0.717) is 0 Å². The Kier molecular flexibility index (Phi) is 9.09. The van der Waals surface area contributed by atoms with E-state index in [1.165, 1.54) is 62.5 Å². The zero-order chi connectivity index (χ0) is 29.7. The van der Waals surface area contributed by atoms with E-state index in [0.717, 1.165) is 36.8 Å². The second-order valence-electron chi connectivity index (χ2n) is 12.3. The molecule has 3 aliphatic rings. The van der Waals surface area contributed by atoms with E-state index in [9.17, 15) is 19.5 Å². The van der Waals surface area contributed by atoms with Crippen molar-refractivity contribution in [1.82, 2.24) is 20.4 Å². The molecule has 3 fully saturated rings. The van der Waals surface area contributed by atoms with Gasteiger partial charge in [0.25, 0.3) is 0 Å². The molecule has 0 atom stereocenters. The van der Waals surface area contributed by atoms with Crippen LogP contribution in [0.3, 0.4) is 0 Å². The molecule has 0 aromatic heterocycles. The summed E-state index contributed by atoms with van der Waals surface area (Å²) in [5.74, 6) is -1.89. The molecule has 0 spiro atoms. The predicted molar refractivity (Wildman–Crippen MR) is 163 cm³/mol. The number of nitrogens with zero attached hydrogens (tertiary/aromatic N) is 2. The van der Waals surface area contributed by atoms with Gasteiger partial charge in [-0.1, -0.05) is 114 Å². The minimum atomic E-state index is -1.26. The maximum Gasteiger partial charge on any atom is 0.321 e. The largest absolute Gasteiger partial charge is 0.481 e. The molecule has 0 aliphatic carbocycles. The number of amides is 4. The van der Waals surface area contributed by atoms with Crippen molar-refractivity contribution in [3.05, 3.63) is 70.8 Å². The van der Waals surface area contributed by atoms with Crippen LogP contribution in [0.5, 0.6) is 0 Å². The number of urea groups is 2. The molecule has 3 heterocycles. The second kappa shape index (κ2) is 12.8. The van der Waals surface area contributed by atoms with E-state index in [1.807, 2.05) is 24.3 Å². The van der Waals surface area contributed by atoms with Gasteiger partial charge >= 0.3 is 18.0 Å². The van der Waals surface area contributed by atoms with Crippen LogP contribution in [0.1, 0.15) is 100 Å². The van der Waals surface area contributed by atoms with Crippen LogP contribution < -0.4 is 10.6 Å². The average molecular weight is 575 g/mol. The van der Waals surface area contributed by atoms with Crippen LogP contribution in [0.15, 0.2) is 48.5 Å². The lowest BCUT2D eigenvalue weighted by molar-refractivity contribution is -0.149. The van der Waals surface area contributed by atoms with E-state index < -0.39 is 23.2 Å². The van der Waals surface area contributed by atoms with Crippen molar-refractivity contribution >= 4 is 18.0 Å². The van der Waals surface area contributed by atoms with Crippen molar-refractivity contribution in [2.45, 2.75) is 102 Å². The van der Waals surface area contributed by atoms with Gasteiger partial charge in [-0.15, -0.1) is 0 Å². The maximum atomic E-state index is 13.7. The van der Waals surface area contributed by atoms with Crippen LogP contribution in [-0.4, -0.2) is 46.0 Å². The summed E-state index contributed by atoms with van der Waals surface area (Å²) in [6.45, 7) is 4.47. The number of hydrogen-bond acceptors (Lipinski definition) is 3. The summed E-state index contributed by atoms with van der Waals surface area (Å²) in [6.07, 6.45) is 14.1. The van der Waals surface area contributed by atoms with Gasteiger partial charge in [0.15, 0.2) is 11.3 Å². The number of carbonyl (C=O) groups is 3. The second-order valence-corrected chi connectivity index (χ2v) is 12.3. The highest BCUT2D eigenvalue weighted by atomic mass is 16.4. The average Bonchev–Trinajstić information content (AvgIpc) is 3.40. The topological polar surface area (TPSA) is 102 Å². The Balaban J connectivity index is 1.48. The van der Waals surface area contributed by atoms with Gasteiger partial charge in [0, 0.05) is 24.2 Å². The molecule has 4 amide bonds. The van der Waals surface area contributed by atoms with Crippen molar-refractivity contribution in [2.75, 3.05) is 13.1 Å². The van der Waals surface area contributed by atoms with Crippen LogP contribution in [0.4, 0.5) is 9.59 Å². The molecular weight excluding hydrogens is 528 g/mol. The van der Waals surface area contributed by atoms with Crippen LogP contribution in [0.25, 0.3) is 0 Å². The number of rotatable bonds is 15. The first-order chi connectivity index (χ1) is 20.4. The molecule has 3 saturated heterocycles. The number of aliphatic carboxylic acids is 1. The van der Waals surface area contributed by atoms with Gasteiger partial charge in [0.05, 0.1) is 5.92 Å². The number of hydrogen-bond donors (Lipinski definition) is 3. The molecule has 0 bridgehead atoms. The SMILES string of the molecule is CCCCCCCc1ccc(C23NC(=O)N4CC(C(=O)O)CN(C(=O)N2)C43c2ccc(CCCCCCC)cc2)cc1. The highest BCUT2D eigenvalue weighted by Gasteiger charge is 2.75. The van der Waals surface area contributed by atoms with E-state index in [2.05, 4.69) is 48.7 Å². The standard InChI is InChI=1S/C34H46N4O4/c1-3-5-7-9-11-13-25-15-19-28(20-16-25)33-34(29-21-17-26(18-22-29)14-12-10-8-6-4-2)37(31(41)35-33)23-27(30(39)40)24-38(34)32(42)36-33/h15-22,27H,3-14,23-24H2,1-2H3,(H,35,41)(H,36,42)(H,39,40). The van der Waals surface area contributed by atoms with Crippen LogP contribution in [0, 0.1) is 5.92 Å². The van der Waals surface area contributed by atoms with Gasteiger partial charge in [-0.3, -0.25) is 14.6 Å². The Hall–Kier alpha value is -3.55. The van der Waals surface area contributed by atoms with E-state index in [-0.39, 0.29) is 25.2 Å². The number of carbonyl (C=O) groups excluding carboxylic acids is 2. The van der Waals surface area contributed by atoms with Gasteiger partial charge in [0.2, 0.25) is 0 Å². The first-order valence-electron chi connectivity index (χ1n) is 16.0. The molecule has 0 unspecified atom stereocenters. The minimum absolute atomic E-state index is 0.0173. The number of aryl methyl sites for hydroxylation is 2. The minimum Gasteiger partial charge on any atom is -0.481 e. The quantitative estimate of drug-likeness (QED) is 0.212. The summed E-state index contributed by atoms with van der Waals surface area (Å²) in [5.41, 5.74) is 1.52. The summed E-state index contributed by atoms with van der Waals surface area (Å²) in [4.78, 5) is 42.6. The van der Waals surface area contributed by atoms with E-state index in [1.54, 1.807) is 9.80 Å². The zero-order valence-electron chi connectivity index (χ0n) is 25.2. The Morgan fingerprint density at radius 3 is 1.57 bits per heavy atom. The van der Waals surface area contributed by atoms with Crippen molar-refractivity contribution in [2.24, 2.45) is 5.92 Å². The van der Waals surface area contributed by atoms with Crippen LogP contribution >= 0.6 is 0 Å². The first-order valence-corrected chi connectivity index (χ1v) is 16.0. The fraction of sp³-hybridized carbons (Fsp3) is 0.559. The number of nitrogens with one attached hydrogen (secondary N) is 2. The number of carboxylic acid groups (broad SMARTS) is 1. The Morgan fingerprint density at radius 1 is 0.714 bits per heavy atom. The van der Waals surface area contributed by atoms with Gasteiger partial charge < -0.3 is 15.7 Å². The molecule has 5 rings (SSSR count). The lowest BCUT2D eigenvalue weighted by Crippen LogP contribution is -2.67. The Bertz CT molecular complexity index is 1230. The molecule has 0 saturated carbocycles. The maximum absolute atomic E-state index is 13.7. The molecule has 2 aromatic rings. The monoisotopic (exact) mass is 574 g/mol. The molecule has 0 radical (unpaired) electrons. The lowest BCUT2D eigenvalue weighted by Gasteiger charge is -2.51. The summed E-state index contributed by atoms with van der Waals surface area (Å²) in [7, 11) is 0. The van der Waals surface area contributed by atoms with Gasteiger partial charge in [-0.2, -0.15) is 0 Å². The number of benzene rings is 2. The Labute approximate surface area is 249 Å². The fourth-order valence-corrected chi connectivity index (χ4v) is 7.15. The fourth-order valence-electron chi connectivity index (χ4n) is 7.15. The van der Waals surface area contributed by atoms with Crippen molar-refractivity contribution in [1.29, 1.82) is 0 Å². The third kappa shape index (κ3) is 5.25. The molecule has 42 heavy (non-hydrogen) atoms. The molecular formula is C34H46N4O4. The molecule has 2 aromatic carbocycles. The zero-order valence-corrected chi connectivity index (χ0v) is 25.2. The van der Waals surface area contributed by atoms with Crippen molar-refractivity contribution in [3.63, 3.8) is 0 Å². The predicted octanol–water partition coefficient (Wildman–Crippen LogP) is 6.48. The van der Waals surface area contributed by atoms with Crippen LogP contribution in [0.2, 0.25) is 0 Å². The Morgan fingerprint density at radius 2 is 1.14 bits per heavy atom. The summed E-state index contributed by atoms with van der Waals surface area (Å²) in [6, 6.07) is 15.6. The van der Waals surface area contributed by atoms with Gasteiger partial charge in [-0.25, -0.2) is 9.59 Å². The first kappa shape index (κ1) is 29.9. The highest BCUT2D eigenvalue weighted by molar-refractivity contribution is 5.91. The smallest absolute Gasteiger partial charge is 0.321 e. The van der Waals surface area contributed by atoms with Gasteiger partial charge in [0.1, 0.15) is 0 Å². The van der Waals surface area contributed by atoms with E-state index >= 15 is 0 Å². The normalized spacial score (nSPS) is 24.5. The lowest BCUT2D eigenvalue weighted by atomic mass is 9.78. The number of unbranched alkanes of at least 4 members (excludes halogenated alkanes) is 8. The summed E-state index contributed by atoms with van der Waals surface area (Å²) < 4.78 is 0. The molecule has 3 aliphatic heterocycles. The van der Waals surface area contributed by atoms with Crippen molar-refractivity contribution < 1.29 is 19.5 Å². The summed E-state index contributed by atoms with van der Waals surface area (Å²) >= 11 is 0. The molecule has 8 heteroatoms. The molecule has 3 N–H and O–H groups in total. The summed E-state index contributed by atoms with van der Waals surface area (Å²) in [5, 5.41) is 16.1. The third-order valence-corrected chi connectivity index (χ3v) is 9.42. The third-order valence-electron chi connectivity index (χ3n) is 9.42. The highest BCUT2D eigenvalue weighted by Crippen LogP contribution is 2.55. The van der Waals surface area contributed by atoms with E-state index in [4.69, 9.17) is 0 Å². The van der Waals surface area contributed by atoms with Crippen molar-refractivity contribution in [3.8, 4) is 0 Å². The number of carboxylic acids is 1. The van der Waals surface area contributed by atoms with Crippen LogP contribution in [-0.2, 0) is 29.0 Å². The van der Waals surface area contributed by atoms with Gasteiger partial charge in [-0.05, 0) is 36.8 Å². The molecule has 226 valence electrons.